The van der Waals surface area contributed by atoms with Crippen LogP contribution in [0.5, 0.6) is 11.5 Å². The Balaban J connectivity index is 1.80. The largest absolute Gasteiger partial charge is 0.493 e. The van der Waals surface area contributed by atoms with E-state index in [2.05, 4.69) is 15.3 Å². The molecule has 8 heteroatoms. The summed E-state index contributed by atoms with van der Waals surface area (Å²) < 4.78 is 10.5. The van der Waals surface area contributed by atoms with Gasteiger partial charge in [-0.1, -0.05) is 11.6 Å². The van der Waals surface area contributed by atoms with E-state index in [-0.39, 0.29) is 5.91 Å². The zero-order valence-electron chi connectivity index (χ0n) is 14.4. The summed E-state index contributed by atoms with van der Waals surface area (Å²) >= 11 is 7.27. The molecule has 0 spiro atoms. The van der Waals surface area contributed by atoms with Gasteiger partial charge in [0.2, 0.25) is 0 Å². The van der Waals surface area contributed by atoms with Gasteiger partial charge in [-0.25, -0.2) is 9.97 Å². The molecule has 1 amide bonds. The predicted octanol–water partition coefficient (Wildman–Crippen LogP) is 4.44. The highest BCUT2D eigenvalue weighted by molar-refractivity contribution is 7.13. The molecule has 0 saturated carbocycles. The third-order valence-electron chi connectivity index (χ3n) is 3.64. The van der Waals surface area contributed by atoms with Crippen LogP contribution in [0.4, 0.5) is 5.69 Å². The second-order valence-electron chi connectivity index (χ2n) is 5.39. The number of anilines is 1. The number of carbonyl (C=O) groups is 1. The van der Waals surface area contributed by atoms with Gasteiger partial charge in [0.25, 0.3) is 5.91 Å². The van der Waals surface area contributed by atoms with Gasteiger partial charge in [0.1, 0.15) is 15.9 Å². The Morgan fingerprint density at radius 3 is 2.65 bits per heavy atom. The molecule has 2 heterocycles. The summed E-state index contributed by atoms with van der Waals surface area (Å²) in [6, 6.07) is 7.26. The Morgan fingerprint density at radius 1 is 1.19 bits per heavy atom. The number of hydrogen-bond acceptors (Lipinski definition) is 6. The normalized spacial score (nSPS) is 10.5. The summed E-state index contributed by atoms with van der Waals surface area (Å²) in [6.45, 7) is 1.82. The molecule has 0 aliphatic rings. The minimum atomic E-state index is -0.309. The molecule has 0 radical (unpaired) electrons. The molecule has 26 heavy (non-hydrogen) atoms. The van der Waals surface area contributed by atoms with Crippen LogP contribution in [-0.2, 0) is 0 Å². The van der Waals surface area contributed by atoms with Gasteiger partial charge in [-0.05, 0) is 36.8 Å². The number of pyridine rings is 1. The summed E-state index contributed by atoms with van der Waals surface area (Å²) in [5.74, 6) is 0.932. The third kappa shape index (κ3) is 3.79. The van der Waals surface area contributed by atoms with Crippen LogP contribution in [-0.4, -0.2) is 30.1 Å². The summed E-state index contributed by atoms with van der Waals surface area (Å²) in [7, 11) is 3.15. The molecule has 0 saturated heterocycles. The molecule has 0 fully saturated rings. The number of amides is 1. The molecular formula is C18H16ClN3O3S. The minimum absolute atomic E-state index is 0.309. The lowest BCUT2D eigenvalue weighted by Crippen LogP contribution is -2.12. The number of halogens is 1. The maximum atomic E-state index is 12.4. The number of benzene rings is 1. The van der Waals surface area contributed by atoms with Crippen LogP contribution >= 0.6 is 22.9 Å². The van der Waals surface area contributed by atoms with Crippen molar-refractivity contribution < 1.29 is 14.3 Å². The average Bonchev–Trinajstić information content (AvgIpc) is 3.14. The van der Waals surface area contributed by atoms with Crippen molar-refractivity contribution in [2.75, 3.05) is 19.5 Å². The minimum Gasteiger partial charge on any atom is -0.493 e. The summed E-state index contributed by atoms with van der Waals surface area (Å²) in [5.41, 5.74) is 2.52. The fourth-order valence-corrected chi connectivity index (χ4v) is 3.20. The van der Waals surface area contributed by atoms with Crippen LogP contribution in [0, 0.1) is 6.92 Å². The number of nitrogens with one attached hydrogen (secondary N) is 1. The van der Waals surface area contributed by atoms with Crippen LogP contribution in [0.2, 0.25) is 5.15 Å². The van der Waals surface area contributed by atoms with E-state index in [9.17, 15) is 4.79 Å². The lowest BCUT2D eigenvalue weighted by atomic mass is 10.2. The molecule has 0 bridgehead atoms. The summed E-state index contributed by atoms with van der Waals surface area (Å²) in [5, 5.41) is 5.60. The lowest BCUT2D eigenvalue weighted by molar-refractivity contribution is 0.102. The molecular weight excluding hydrogens is 374 g/mol. The van der Waals surface area contributed by atoms with E-state index in [0.717, 1.165) is 11.1 Å². The Hall–Kier alpha value is -2.64. The van der Waals surface area contributed by atoms with Gasteiger partial charge in [-0.3, -0.25) is 4.79 Å². The molecule has 0 atom stereocenters. The van der Waals surface area contributed by atoms with Crippen molar-refractivity contribution in [1.29, 1.82) is 0 Å². The maximum absolute atomic E-state index is 12.4. The van der Waals surface area contributed by atoms with Gasteiger partial charge >= 0.3 is 0 Å². The highest BCUT2D eigenvalue weighted by Gasteiger charge is 2.14. The smallest absolute Gasteiger partial charge is 0.275 e. The SMILES string of the molecule is COc1ccc(-c2nc(C(=O)Nc3cnc(Cl)c(C)c3)cs2)cc1OC. The summed E-state index contributed by atoms with van der Waals surface area (Å²) in [6.07, 6.45) is 1.51. The average molecular weight is 390 g/mol. The van der Waals surface area contributed by atoms with E-state index in [4.69, 9.17) is 21.1 Å². The number of nitrogens with zero attached hydrogens (tertiary/aromatic N) is 2. The van der Waals surface area contributed by atoms with Gasteiger partial charge in [-0.2, -0.15) is 0 Å². The van der Waals surface area contributed by atoms with E-state index < -0.39 is 0 Å². The molecule has 0 aliphatic carbocycles. The van der Waals surface area contributed by atoms with E-state index in [0.29, 0.717) is 33.0 Å². The number of carbonyl (C=O) groups excluding carboxylic acids is 1. The molecule has 134 valence electrons. The number of ether oxygens (including phenoxy) is 2. The lowest BCUT2D eigenvalue weighted by Gasteiger charge is -2.08. The Bertz CT molecular complexity index is 959. The van der Waals surface area contributed by atoms with Crippen molar-refractivity contribution in [1.82, 2.24) is 9.97 Å². The zero-order valence-corrected chi connectivity index (χ0v) is 15.9. The fraction of sp³-hybridized carbons (Fsp3) is 0.167. The van der Waals surface area contributed by atoms with E-state index >= 15 is 0 Å². The van der Waals surface area contributed by atoms with Crippen LogP contribution in [0.25, 0.3) is 10.6 Å². The van der Waals surface area contributed by atoms with Gasteiger partial charge in [0.05, 0.1) is 26.1 Å². The Labute approximate surface area is 159 Å². The molecule has 0 aliphatic heterocycles. The first-order chi connectivity index (χ1) is 12.5. The van der Waals surface area contributed by atoms with Gasteiger partial charge < -0.3 is 14.8 Å². The number of thiazole rings is 1. The topological polar surface area (TPSA) is 73.3 Å². The fourth-order valence-electron chi connectivity index (χ4n) is 2.30. The van der Waals surface area contributed by atoms with Gasteiger partial charge in [0.15, 0.2) is 11.5 Å². The first-order valence-corrected chi connectivity index (χ1v) is 8.89. The summed E-state index contributed by atoms with van der Waals surface area (Å²) in [4.78, 5) is 20.8. The van der Waals surface area contributed by atoms with Crippen LogP contribution in [0.15, 0.2) is 35.8 Å². The van der Waals surface area contributed by atoms with Crippen molar-refractivity contribution >= 4 is 34.5 Å². The molecule has 3 aromatic rings. The van der Waals surface area contributed by atoms with Crippen molar-refractivity contribution in [3.63, 3.8) is 0 Å². The number of hydrogen-bond donors (Lipinski definition) is 1. The molecule has 1 N–H and O–H groups in total. The van der Waals surface area contributed by atoms with Crippen LogP contribution in [0.3, 0.4) is 0 Å². The highest BCUT2D eigenvalue weighted by atomic mass is 35.5. The van der Waals surface area contributed by atoms with Crippen LogP contribution < -0.4 is 14.8 Å². The first kappa shape index (κ1) is 18.2. The van der Waals surface area contributed by atoms with Crippen molar-refractivity contribution in [2.45, 2.75) is 6.92 Å². The Morgan fingerprint density at radius 2 is 1.96 bits per heavy atom. The zero-order chi connectivity index (χ0) is 18.7. The van der Waals surface area contributed by atoms with E-state index in [1.165, 1.54) is 17.5 Å². The van der Waals surface area contributed by atoms with Gasteiger partial charge in [-0.15, -0.1) is 11.3 Å². The number of methoxy groups -OCH3 is 2. The number of aromatic nitrogens is 2. The van der Waals surface area contributed by atoms with Crippen molar-refractivity contribution in [3.05, 3.63) is 52.3 Å². The number of aryl methyl sites for hydroxylation is 1. The molecule has 0 unspecified atom stereocenters. The quantitative estimate of drug-likeness (QED) is 0.653. The standard InChI is InChI=1S/C18H16ClN3O3S/c1-10-6-12(8-20-16(10)19)21-17(23)13-9-26-18(22-13)11-4-5-14(24-2)15(7-11)25-3/h4-9H,1-3H3,(H,21,23). The maximum Gasteiger partial charge on any atom is 0.275 e. The molecule has 1 aromatic carbocycles. The number of rotatable bonds is 5. The van der Waals surface area contributed by atoms with Crippen molar-refractivity contribution in [3.8, 4) is 22.1 Å². The second-order valence-corrected chi connectivity index (χ2v) is 6.61. The van der Waals surface area contributed by atoms with Crippen LogP contribution in [0.1, 0.15) is 16.1 Å². The van der Waals surface area contributed by atoms with E-state index in [1.54, 1.807) is 31.7 Å². The second kappa shape index (κ2) is 7.72. The monoisotopic (exact) mass is 389 g/mol. The Kier molecular flexibility index (Phi) is 5.39. The first-order valence-electron chi connectivity index (χ1n) is 7.63. The van der Waals surface area contributed by atoms with E-state index in [1.807, 2.05) is 19.1 Å². The van der Waals surface area contributed by atoms with Crippen molar-refractivity contribution in [2.24, 2.45) is 0 Å². The highest BCUT2D eigenvalue weighted by Crippen LogP contribution is 2.33. The predicted molar refractivity (Wildman–Crippen MR) is 103 cm³/mol. The molecule has 6 nitrogen and oxygen atoms in total. The third-order valence-corrected chi connectivity index (χ3v) is 4.93. The molecule has 3 rings (SSSR count). The molecule has 2 aromatic heterocycles. The van der Waals surface area contributed by atoms with Gasteiger partial charge in [0, 0.05) is 10.9 Å².